The Morgan fingerprint density at radius 2 is 1.65 bits per heavy atom. The molecule has 1 aliphatic rings. The van der Waals surface area contributed by atoms with Gasteiger partial charge in [-0.2, -0.15) is 0 Å². The van der Waals surface area contributed by atoms with E-state index < -0.39 is 0 Å². The second-order valence-corrected chi connectivity index (χ2v) is 5.83. The lowest BCUT2D eigenvalue weighted by atomic mass is 10.0. The fourth-order valence-corrected chi connectivity index (χ4v) is 2.68. The van der Waals surface area contributed by atoms with Crippen LogP contribution in [0.4, 0.5) is 0 Å². The maximum atomic E-state index is 12.1. The van der Waals surface area contributed by atoms with Gasteiger partial charge in [0.05, 0.1) is 0 Å². The number of benzene rings is 2. The maximum absolute atomic E-state index is 12.1. The van der Waals surface area contributed by atoms with Crippen LogP contribution in [-0.2, 0) is 11.2 Å². The lowest BCUT2D eigenvalue weighted by Gasteiger charge is -2.04. The number of carbonyl (C=O) groups excluding carboxylic acids is 1. The zero-order chi connectivity index (χ0) is 16.2. The SMILES string of the molecule is Cc1ccccc1/C=C1\N=C(CCc2ccccc2C)NC1=O. The van der Waals surface area contributed by atoms with E-state index in [0.29, 0.717) is 5.70 Å². The van der Waals surface area contributed by atoms with Gasteiger partial charge in [-0.15, -0.1) is 0 Å². The van der Waals surface area contributed by atoms with Crippen molar-refractivity contribution < 1.29 is 4.79 Å². The van der Waals surface area contributed by atoms with Crippen LogP contribution in [0.15, 0.2) is 59.2 Å². The van der Waals surface area contributed by atoms with Crippen LogP contribution >= 0.6 is 0 Å². The fourth-order valence-electron chi connectivity index (χ4n) is 2.68. The van der Waals surface area contributed by atoms with Crippen molar-refractivity contribution in [1.82, 2.24) is 5.32 Å². The number of nitrogens with zero attached hydrogens (tertiary/aromatic N) is 1. The van der Waals surface area contributed by atoms with Crippen molar-refractivity contribution in [2.75, 3.05) is 0 Å². The van der Waals surface area contributed by atoms with Gasteiger partial charge in [-0.05, 0) is 48.6 Å². The van der Waals surface area contributed by atoms with E-state index in [1.165, 1.54) is 11.1 Å². The largest absolute Gasteiger partial charge is 0.309 e. The minimum absolute atomic E-state index is 0.118. The number of amides is 1. The van der Waals surface area contributed by atoms with Crippen LogP contribution in [0.3, 0.4) is 0 Å². The lowest BCUT2D eigenvalue weighted by Crippen LogP contribution is -2.24. The maximum Gasteiger partial charge on any atom is 0.275 e. The average molecular weight is 304 g/mol. The van der Waals surface area contributed by atoms with E-state index in [2.05, 4.69) is 29.4 Å². The number of carbonyl (C=O) groups is 1. The number of hydrogen-bond acceptors (Lipinski definition) is 2. The second-order valence-electron chi connectivity index (χ2n) is 5.83. The summed E-state index contributed by atoms with van der Waals surface area (Å²) in [5.41, 5.74) is 5.21. The molecule has 2 aromatic carbocycles. The topological polar surface area (TPSA) is 41.5 Å². The Balaban J connectivity index is 1.74. The van der Waals surface area contributed by atoms with Crippen molar-refractivity contribution in [3.63, 3.8) is 0 Å². The highest BCUT2D eigenvalue weighted by molar-refractivity contribution is 6.14. The smallest absolute Gasteiger partial charge is 0.275 e. The quantitative estimate of drug-likeness (QED) is 0.858. The summed E-state index contributed by atoms with van der Waals surface area (Å²) in [6.07, 6.45) is 3.47. The van der Waals surface area contributed by atoms with Gasteiger partial charge in [-0.3, -0.25) is 4.79 Å². The minimum Gasteiger partial charge on any atom is -0.309 e. The molecule has 3 nitrogen and oxygen atoms in total. The summed E-state index contributed by atoms with van der Waals surface area (Å²) in [5, 5.41) is 2.88. The van der Waals surface area contributed by atoms with E-state index in [0.717, 1.165) is 29.8 Å². The highest BCUT2D eigenvalue weighted by Gasteiger charge is 2.19. The molecule has 0 unspecified atom stereocenters. The van der Waals surface area contributed by atoms with Crippen LogP contribution in [-0.4, -0.2) is 11.7 Å². The van der Waals surface area contributed by atoms with Gasteiger partial charge >= 0.3 is 0 Å². The van der Waals surface area contributed by atoms with Crippen LogP contribution in [0.2, 0.25) is 0 Å². The van der Waals surface area contributed by atoms with Gasteiger partial charge in [0.25, 0.3) is 5.91 Å². The molecule has 0 saturated carbocycles. The van der Waals surface area contributed by atoms with Crippen molar-refractivity contribution >= 4 is 17.8 Å². The Hall–Kier alpha value is -2.68. The van der Waals surface area contributed by atoms with Gasteiger partial charge in [0.1, 0.15) is 11.5 Å². The summed E-state index contributed by atoms with van der Waals surface area (Å²) in [6.45, 7) is 4.13. The first-order valence-electron chi connectivity index (χ1n) is 7.84. The first-order chi connectivity index (χ1) is 11.1. The Bertz CT molecular complexity index is 803. The van der Waals surface area contributed by atoms with E-state index in [1.54, 1.807) is 0 Å². The number of amidine groups is 1. The van der Waals surface area contributed by atoms with E-state index in [4.69, 9.17) is 0 Å². The monoisotopic (exact) mass is 304 g/mol. The van der Waals surface area contributed by atoms with Crippen LogP contribution in [0.25, 0.3) is 6.08 Å². The number of rotatable bonds is 4. The van der Waals surface area contributed by atoms with Crippen molar-refractivity contribution in [3.05, 3.63) is 76.5 Å². The Kier molecular flexibility index (Phi) is 4.38. The average Bonchev–Trinajstić information content (AvgIpc) is 2.89. The third-order valence-electron chi connectivity index (χ3n) is 4.12. The molecule has 2 aromatic rings. The molecule has 0 atom stereocenters. The first-order valence-corrected chi connectivity index (χ1v) is 7.84. The molecule has 0 spiro atoms. The molecule has 3 rings (SSSR count). The fraction of sp³-hybridized carbons (Fsp3) is 0.200. The molecule has 116 valence electrons. The van der Waals surface area contributed by atoms with Crippen LogP contribution < -0.4 is 5.32 Å². The molecule has 0 radical (unpaired) electrons. The van der Waals surface area contributed by atoms with Crippen molar-refractivity contribution in [1.29, 1.82) is 0 Å². The summed E-state index contributed by atoms with van der Waals surface area (Å²) in [6, 6.07) is 16.3. The highest BCUT2D eigenvalue weighted by Crippen LogP contribution is 2.17. The van der Waals surface area contributed by atoms with Crippen LogP contribution in [0.1, 0.15) is 28.7 Å². The molecule has 23 heavy (non-hydrogen) atoms. The molecule has 1 N–H and O–H groups in total. The summed E-state index contributed by atoms with van der Waals surface area (Å²) in [7, 11) is 0. The normalized spacial score (nSPS) is 15.7. The van der Waals surface area contributed by atoms with Crippen molar-refractivity contribution in [2.45, 2.75) is 26.7 Å². The molecular weight excluding hydrogens is 284 g/mol. The van der Waals surface area contributed by atoms with Crippen molar-refractivity contribution in [3.8, 4) is 0 Å². The summed E-state index contributed by atoms with van der Waals surface area (Å²) in [5.74, 6) is 0.631. The Morgan fingerprint density at radius 1 is 0.957 bits per heavy atom. The predicted octanol–water partition coefficient (Wildman–Crippen LogP) is 3.81. The van der Waals surface area contributed by atoms with Crippen LogP contribution in [0, 0.1) is 13.8 Å². The number of nitrogens with one attached hydrogen (secondary N) is 1. The standard InChI is InChI=1S/C20H20N2O/c1-14-7-3-5-9-16(14)11-12-19-21-18(20(23)22-19)13-17-10-6-4-8-15(17)2/h3-10,13H,11-12H2,1-2H3,(H,21,22,23)/b18-13-. The zero-order valence-corrected chi connectivity index (χ0v) is 13.5. The summed E-state index contributed by atoms with van der Waals surface area (Å²) in [4.78, 5) is 16.6. The van der Waals surface area contributed by atoms with Gasteiger partial charge in [-0.1, -0.05) is 48.5 Å². The molecule has 1 amide bonds. The van der Waals surface area contributed by atoms with E-state index in [9.17, 15) is 4.79 Å². The molecule has 0 aliphatic carbocycles. The molecule has 1 aliphatic heterocycles. The summed E-state index contributed by atoms with van der Waals surface area (Å²) >= 11 is 0. The Morgan fingerprint density at radius 3 is 2.39 bits per heavy atom. The van der Waals surface area contributed by atoms with Gasteiger partial charge in [0.2, 0.25) is 0 Å². The van der Waals surface area contributed by atoms with Gasteiger partial charge < -0.3 is 5.32 Å². The van der Waals surface area contributed by atoms with Gasteiger partial charge in [0, 0.05) is 6.42 Å². The van der Waals surface area contributed by atoms with E-state index >= 15 is 0 Å². The number of aryl methyl sites for hydroxylation is 3. The molecule has 0 saturated heterocycles. The highest BCUT2D eigenvalue weighted by atomic mass is 16.2. The third-order valence-corrected chi connectivity index (χ3v) is 4.12. The first kappa shape index (κ1) is 15.2. The predicted molar refractivity (Wildman–Crippen MR) is 94.2 cm³/mol. The van der Waals surface area contributed by atoms with E-state index in [1.807, 2.05) is 49.4 Å². The van der Waals surface area contributed by atoms with Gasteiger partial charge in [0.15, 0.2) is 0 Å². The Labute approximate surface area is 136 Å². The third kappa shape index (κ3) is 3.57. The number of hydrogen-bond donors (Lipinski definition) is 1. The minimum atomic E-state index is -0.118. The molecule has 3 heteroatoms. The molecule has 0 bridgehead atoms. The lowest BCUT2D eigenvalue weighted by molar-refractivity contribution is -0.115. The zero-order valence-electron chi connectivity index (χ0n) is 13.5. The summed E-state index contributed by atoms with van der Waals surface area (Å²) < 4.78 is 0. The van der Waals surface area contributed by atoms with Gasteiger partial charge in [-0.25, -0.2) is 4.99 Å². The van der Waals surface area contributed by atoms with Crippen LogP contribution in [0.5, 0.6) is 0 Å². The number of aliphatic imine (C=N–C) groups is 1. The molecule has 0 fully saturated rings. The van der Waals surface area contributed by atoms with E-state index in [-0.39, 0.29) is 5.91 Å². The molecule has 0 aromatic heterocycles. The molecule has 1 heterocycles. The molecular formula is C20H20N2O. The second kappa shape index (κ2) is 6.61. The van der Waals surface area contributed by atoms with Crippen molar-refractivity contribution in [2.24, 2.45) is 4.99 Å².